The zero-order valence-electron chi connectivity index (χ0n) is 10.1. The van der Waals surface area contributed by atoms with E-state index in [4.69, 9.17) is 0 Å². The molecule has 2 aromatic rings. The average Bonchev–Trinajstić information content (AvgIpc) is 2.95. The van der Waals surface area contributed by atoms with Crippen molar-refractivity contribution in [2.45, 2.75) is 18.8 Å². The number of cyclic esters (lactones) is 1. The number of hydrogen-bond donors (Lipinski definition) is 1. The van der Waals surface area contributed by atoms with Crippen molar-refractivity contribution in [1.29, 1.82) is 0 Å². The number of H-pyrrole nitrogens is 1. The Kier molecular flexibility index (Phi) is 2.77. The molecule has 0 bridgehead atoms. The Balaban J connectivity index is 1.89. The van der Waals surface area contributed by atoms with Gasteiger partial charge in [-0.15, -0.1) is 0 Å². The first kappa shape index (κ1) is 12.7. The molecule has 0 spiro atoms. The van der Waals surface area contributed by atoms with Gasteiger partial charge in [-0.1, -0.05) is 18.2 Å². The van der Waals surface area contributed by atoms with Crippen LogP contribution >= 0.6 is 0 Å². The largest absolute Gasteiger partial charge is 0.447 e. The number of aromatic nitrogens is 1. The molecule has 104 valence electrons. The summed E-state index contributed by atoms with van der Waals surface area (Å²) in [5.74, 6) is -1.02. The fourth-order valence-corrected chi connectivity index (χ4v) is 2.11. The zero-order valence-corrected chi connectivity index (χ0v) is 10.1. The highest BCUT2D eigenvalue weighted by molar-refractivity contribution is 6.38. The van der Waals surface area contributed by atoms with Crippen molar-refractivity contribution in [2.75, 3.05) is 0 Å². The van der Waals surface area contributed by atoms with Gasteiger partial charge in [0.25, 0.3) is 6.23 Å². The Morgan fingerprint density at radius 2 is 2.05 bits per heavy atom. The highest BCUT2D eigenvalue weighted by atomic mass is 19.4. The van der Waals surface area contributed by atoms with Crippen LogP contribution in [0.15, 0.2) is 35.5 Å². The predicted molar refractivity (Wildman–Crippen MR) is 65.4 cm³/mol. The maximum Gasteiger partial charge on any atom is 0.447 e. The number of nitrogens with one attached hydrogen (secondary N) is 1. The summed E-state index contributed by atoms with van der Waals surface area (Å²) in [4.78, 5) is 17.7. The molecule has 0 fully saturated rings. The number of alkyl halides is 3. The van der Waals surface area contributed by atoms with Crippen molar-refractivity contribution in [3.8, 4) is 0 Å². The molecule has 1 atom stereocenters. The third-order valence-corrected chi connectivity index (χ3v) is 3.04. The van der Waals surface area contributed by atoms with Crippen LogP contribution in [-0.4, -0.2) is 29.1 Å². The minimum atomic E-state index is -4.67. The summed E-state index contributed by atoms with van der Waals surface area (Å²) in [7, 11) is 0. The minimum Gasteiger partial charge on any atom is -0.425 e. The normalized spacial score (nSPS) is 19.2. The molecule has 1 unspecified atom stereocenters. The molecule has 0 saturated heterocycles. The topological polar surface area (TPSA) is 54.4 Å². The standard InChI is InChI=1S/C13H9F3N2O2/c14-13(15,16)12-18-10(11(19)20-12)5-7-6-17-9-4-2-1-3-8(7)9/h1-4,6,12,17H,5H2. The summed E-state index contributed by atoms with van der Waals surface area (Å²) in [6.07, 6.45) is -5.38. The fourth-order valence-electron chi connectivity index (χ4n) is 2.11. The van der Waals surface area contributed by atoms with Crippen LogP contribution in [0.3, 0.4) is 0 Å². The number of hydrogen-bond acceptors (Lipinski definition) is 3. The van der Waals surface area contributed by atoms with E-state index in [0.29, 0.717) is 5.56 Å². The summed E-state index contributed by atoms with van der Waals surface area (Å²) in [5.41, 5.74) is 1.35. The van der Waals surface area contributed by atoms with E-state index < -0.39 is 18.4 Å². The number of aliphatic imine (C=N–C) groups is 1. The number of rotatable bonds is 2. The molecule has 1 aromatic heterocycles. The van der Waals surface area contributed by atoms with Crippen LogP contribution in [0.25, 0.3) is 10.9 Å². The molecular formula is C13H9F3N2O2. The Morgan fingerprint density at radius 1 is 1.30 bits per heavy atom. The number of carbonyl (C=O) groups excluding carboxylic acids is 1. The van der Waals surface area contributed by atoms with Crippen molar-refractivity contribution in [2.24, 2.45) is 4.99 Å². The first-order valence-electron chi connectivity index (χ1n) is 5.84. The highest BCUT2D eigenvalue weighted by Gasteiger charge is 2.47. The number of benzene rings is 1. The number of esters is 1. The van der Waals surface area contributed by atoms with Gasteiger partial charge in [-0.25, -0.2) is 9.79 Å². The number of ether oxygens (including phenoxy) is 1. The Hall–Kier alpha value is -2.31. The molecule has 2 heterocycles. The van der Waals surface area contributed by atoms with E-state index >= 15 is 0 Å². The van der Waals surface area contributed by atoms with Gasteiger partial charge < -0.3 is 9.72 Å². The van der Waals surface area contributed by atoms with Gasteiger partial charge in [0.05, 0.1) is 0 Å². The van der Waals surface area contributed by atoms with E-state index in [1.54, 1.807) is 6.20 Å². The first-order valence-corrected chi connectivity index (χ1v) is 5.84. The van der Waals surface area contributed by atoms with Crippen molar-refractivity contribution >= 4 is 22.6 Å². The van der Waals surface area contributed by atoms with Gasteiger partial charge in [-0.05, 0) is 11.6 Å². The van der Waals surface area contributed by atoms with Gasteiger partial charge in [0.2, 0.25) is 0 Å². The minimum absolute atomic E-state index is 0.00935. The van der Waals surface area contributed by atoms with Crippen molar-refractivity contribution < 1.29 is 22.7 Å². The zero-order chi connectivity index (χ0) is 14.3. The summed E-state index contributed by atoms with van der Waals surface area (Å²) in [6.45, 7) is 0. The SMILES string of the molecule is O=C1OC(C(F)(F)F)N=C1Cc1c[nH]c2ccccc12. The molecule has 0 amide bonds. The van der Waals surface area contributed by atoms with Crippen LogP contribution in [0.5, 0.6) is 0 Å². The highest BCUT2D eigenvalue weighted by Crippen LogP contribution is 2.28. The lowest BCUT2D eigenvalue weighted by molar-refractivity contribution is -0.210. The average molecular weight is 282 g/mol. The summed E-state index contributed by atoms with van der Waals surface area (Å²) < 4.78 is 41.6. The van der Waals surface area contributed by atoms with Crippen LogP contribution in [0.2, 0.25) is 0 Å². The monoisotopic (exact) mass is 282 g/mol. The molecule has 0 radical (unpaired) electrons. The summed E-state index contributed by atoms with van der Waals surface area (Å²) in [6, 6.07) is 7.31. The molecule has 1 aromatic carbocycles. The molecular weight excluding hydrogens is 273 g/mol. The Bertz CT molecular complexity index is 703. The smallest absolute Gasteiger partial charge is 0.425 e. The lowest BCUT2D eigenvalue weighted by Crippen LogP contribution is -2.27. The molecule has 20 heavy (non-hydrogen) atoms. The third kappa shape index (κ3) is 2.15. The fraction of sp³-hybridized carbons (Fsp3) is 0.231. The van der Waals surface area contributed by atoms with E-state index in [2.05, 4.69) is 14.7 Å². The summed E-state index contributed by atoms with van der Waals surface area (Å²) in [5, 5.41) is 0.846. The quantitative estimate of drug-likeness (QED) is 0.861. The van der Waals surface area contributed by atoms with Crippen molar-refractivity contribution in [3.05, 3.63) is 36.0 Å². The maximum absolute atomic E-state index is 12.4. The lowest BCUT2D eigenvalue weighted by Gasteiger charge is -2.09. The number of carbonyl (C=O) groups is 1. The number of aromatic amines is 1. The van der Waals surface area contributed by atoms with Crippen molar-refractivity contribution in [3.63, 3.8) is 0 Å². The Morgan fingerprint density at radius 3 is 2.75 bits per heavy atom. The molecule has 1 N–H and O–H groups in total. The molecule has 0 aliphatic carbocycles. The van der Waals surface area contributed by atoms with Crippen LogP contribution in [-0.2, 0) is 16.0 Å². The molecule has 3 rings (SSSR count). The number of halogens is 3. The van der Waals surface area contributed by atoms with Crippen LogP contribution in [0.1, 0.15) is 5.56 Å². The van der Waals surface area contributed by atoms with Gasteiger partial charge in [-0.2, -0.15) is 13.2 Å². The van der Waals surface area contributed by atoms with Crippen molar-refractivity contribution in [1.82, 2.24) is 4.98 Å². The Labute approximate surface area is 111 Å². The van der Waals surface area contributed by atoms with E-state index in [9.17, 15) is 18.0 Å². The molecule has 1 aliphatic rings. The molecule has 0 saturated carbocycles. The maximum atomic E-state index is 12.4. The second-order valence-corrected chi connectivity index (χ2v) is 4.41. The van der Waals surface area contributed by atoms with Crippen LogP contribution < -0.4 is 0 Å². The number of nitrogens with zero attached hydrogens (tertiary/aromatic N) is 1. The number of fused-ring (bicyclic) bond motifs is 1. The van der Waals surface area contributed by atoms with Gasteiger partial charge in [0.15, 0.2) is 0 Å². The van der Waals surface area contributed by atoms with E-state index in [-0.39, 0.29) is 12.1 Å². The summed E-state index contributed by atoms with van der Waals surface area (Å²) >= 11 is 0. The molecule has 4 nitrogen and oxygen atoms in total. The van der Waals surface area contributed by atoms with Gasteiger partial charge in [-0.3, -0.25) is 0 Å². The van der Waals surface area contributed by atoms with Gasteiger partial charge in [0.1, 0.15) is 5.71 Å². The van der Waals surface area contributed by atoms with Gasteiger partial charge >= 0.3 is 12.1 Å². The van der Waals surface area contributed by atoms with E-state index in [1.165, 1.54) is 0 Å². The van der Waals surface area contributed by atoms with Crippen LogP contribution in [0.4, 0.5) is 13.2 Å². The van der Waals surface area contributed by atoms with E-state index in [0.717, 1.165) is 10.9 Å². The third-order valence-electron chi connectivity index (χ3n) is 3.04. The van der Waals surface area contributed by atoms with E-state index in [1.807, 2.05) is 24.3 Å². The second kappa shape index (κ2) is 4.36. The van der Waals surface area contributed by atoms with Crippen LogP contribution in [0, 0.1) is 0 Å². The lowest BCUT2D eigenvalue weighted by atomic mass is 10.1. The first-order chi connectivity index (χ1) is 9.45. The predicted octanol–water partition coefficient (Wildman–Crippen LogP) is 2.60. The van der Waals surface area contributed by atoms with Gasteiger partial charge in [0, 0.05) is 23.5 Å². The number of para-hydroxylation sites is 1. The molecule has 1 aliphatic heterocycles. The molecule has 7 heteroatoms. The second-order valence-electron chi connectivity index (χ2n) is 4.41.